The largest absolute Gasteiger partial charge is 0.462 e. The molecule has 0 bridgehead atoms. The summed E-state index contributed by atoms with van der Waals surface area (Å²) in [5, 5.41) is 23.8. The number of esters is 1. The Kier molecular flexibility index (Phi) is 51.2. The second-order valence-corrected chi connectivity index (χ2v) is 18.2. The van der Waals surface area contributed by atoms with Crippen molar-refractivity contribution < 1.29 is 24.5 Å². The van der Waals surface area contributed by atoms with Gasteiger partial charge in [0.1, 0.15) is 6.10 Å². The van der Waals surface area contributed by atoms with Crippen LogP contribution in [0.2, 0.25) is 0 Å². The minimum absolute atomic E-state index is 0.00211. The monoisotopic (exact) mass is 942 g/mol. The lowest BCUT2D eigenvalue weighted by Crippen LogP contribution is -2.46. The van der Waals surface area contributed by atoms with Gasteiger partial charge in [-0.3, -0.25) is 9.59 Å². The van der Waals surface area contributed by atoms with Crippen molar-refractivity contribution in [3.8, 4) is 0 Å². The molecule has 0 fully saturated rings. The summed E-state index contributed by atoms with van der Waals surface area (Å²) in [5.74, 6) is -0.637. The summed E-state index contributed by atoms with van der Waals surface area (Å²) in [6.07, 6.45) is 75.6. The molecule has 0 radical (unpaired) electrons. The first kappa shape index (κ1) is 64.3. The van der Waals surface area contributed by atoms with E-state index in [1.807, 2.05) is 6.08 Å². The molecule has 0 aliphatic rings. The lowest BCUT2D eigenvalue weighted by molar-refractivity contribution is -0.150. The fraction of sp³-hybridized carbons (Fsp3) is 0.645. The van der Waals surface area contributed by atoms with Gasteiger partial charge in [-0.05, 0) is 96.3 Å². The van der Waals surface area contributed by atoms with Gasteiger partial charge in [0, 0.05) is 6.42 Å². The second kappa shape index (κ2) is 54.2. The Balaban J connectivity index is 4.75. The van der Waals surface area contributed by atoms with E-state index >= 15 is 0 Å². The molecular weight excluding hydrogens is 839 g/mol. The lowest BCUT2D eigenvalue weighted by atomic mass is 10.0. The van der Waals surface area contributed by atoms with Gasteiger partial charge in [-0.15, -0.1) is 0 Å². The number of carbonyl (C=O) groups is 2. The number of hydrogen-bond donors (Lipinski definition) is 3. The maximum atomic E-state index is 13.2. The van der Waals surface area contributed by atoms with Crippen LogP contribution in [-0.2, 0) is 14.3 Å². The fourth-order valence-electron chi connectivity index (χ4n) is 7.69. The molecule has 3 unspecified atom stereocenters. The van der Waals surface area contributed by atoms with Gasteiger partial charge in [-0.1, -0.05) is 245 Å². The quantitative estimate of drug-likeness (QED) is 0.0321. The van der Waals surface area contributed by atoms with E-state index in [0.29, 0.717) is 19.3 Å². The molecule has 3 N–H and O–H groups in total. The van der Waals surface area contributed by atoms with E-state index in [1.165, 1.54) is 83.5 Å². The normalized spacial score (nSPS) is 14.1. The summed E-state index contributed by atoms with van der Waals surface area (Å²) < 4.78 is 5.87. The number of aliphatic hydroxyl groups is 2. The molecule has 1 amide bonds. The van der Waals surface area contributed by atoms with Crippen molar-refractivity contribution in [1.82, 2.24) is 5.32 Å². The summed E-state index contributed by atoms with van der Waals surface area (Å²) in [6, 6.07) is -0.743. The van der Waals surface area contributed by atoms with E-state index in [4.69, 9.17) is 4.74 Å². The van der Waals surface area contributed by atoms with E-state index in [9.17, 15) is 19.8 Å². The summed E-state index contributed by atoms with van der Waals surface area (Å²) in [4.78, 5) is 26.2. The van der Waals surface area contributed by atoms with Crippen molar-refractivity contribution in [2.45, 2.75) is 251 Å². The van der Waals surface area contributed by atoms with Gasteiger partial charge in [0.05, 0.1) is 25.2 Å². The van der Waals surface area contributed by atoms with Gasteiger partial charge in [-0.2, -0.15) is 0 Å². The van der Waals surface area contributed by atoms with Crippen molar-refractivity contribution in [1.29, 1.82) is 0 Å². The molecule has 0 saturated carbocycles. The number of carbonyl (C=O) groups excluding carboxylic acids is 2. The van der Waals surface area contributed by atoms with Crippen LogP contribution in [0.5, 0.6) is 0 Å². The molecule has 3 atom stereocenters. The average molecular weight is 943 g/mol. The van der Waals surface area contributed by atoms with E-state index in [2.05, 4.69) is 142 Å². The zero-order chi connectivity index (χ0) is 49.5. The molecule has 6 nitrogen and oxygen atoms in total. The minimum Gasteiger partial charge on any atom is -0.462 e. The molecule has 0 aliphatic carbocycles. The number of allylic oxidation sites excluding steroid dienone is 20. The highest BCUT2D eigenvalue weighted by atomic mass is 16.5. The third-order valence-electron chi connectivity index (χ3n) is 11.8. The first-order chi connectivity index (χ1) is 33.5. The molecule has 0 aromatic heterocycles. The Morgan fingerprint density at radius 1 is 0.441 bits per heavy atom. The fourth-order valence-corrected chi connectivity index (χ4v) is 7.69. The summed E-state index contributed by atoms with van der Waals surface area (Å²) in [7, 11) is 0. The number of aliphatic hydroxyl groups excluding tert-OH is 2. The summed E-state index contributed by atoms with van der Waals surface area (Å²) in [5.41, 5.74) is 0. The van der Waals surface area contributed by atoms with Crippen LogP contribution in [0, 0.1) is 0 Å². The Bertz CT molecular complexity index is 1430. The first-order valence-electron chi connectivity index (χ1n) is 27.8. The van der Waals surface area contributed by atoms with Crippen molar-refractivity contribution in [3.05, 3.63) is 122 Å². The van der Waals surface area contributed by atoms with Crippen LogP contribution in [0.15, 0.2) is 122 Å². The van der Waals surface area contributed by atoms with Gasteiger partial charge in [0.15, 0.2) is 0 Å². The highest BCUT2D eigenvalue weighted by Gasteiger charge is 2.24. The number of hydrogen-bond acceptors (Lipinski definition) is 5. The third-order valence-corrected chi connectivity index (χ3v) is 11.8. The maximum Gasteiger partial charge on any atom is 0.306 e. The van der Waals surface area contributed by atoms with Crippen molar-refractivity contribution in [3.63, 3.8) is 0 Å². The van der Waals surface area contributed by atoms with Crippen LogP contribution in [-0.4, -0.2) is 46.9 Å². The van der Waals surface area contributed by atoms with Gasteiger partial charge >= 0.3 is 5.97 Å². The topological polar surface area (TPSA) is 95.9 Å². The molecule has 0 heterocycles. The number of ether oxygens (including phenoxy) is 1. The molecule has 0 spiro atoms. The molecule has 6 heteroatoms. The van der Waals surface area contributed by atoms with Crippen LogP contribution in [0.3, 0.4) is 0 Å². The lowest BCUT2D eigenvalue weighted by Gasteiger charge is -2.24. The van der Waals surface area contributed by atoms with Crippen molar-refractivity contribution >= 4 is 11.9 Å². The van der Waals surface area contributed by atoms with Crippen molar-refractivity contribution in [2.75, 3.05) is 6.61 Å². The minimum atomic E-state index is -0.823. The smallest absolute Gasteiger partial charge is 0.306 e. The highest BCUT2D eigenvalue weighted by Crippen LogP contribution is 2.16. The van der Waals surface area contributed by atoms with Gasteiger partial charge in [0.25, 0.3) is 0 Å². The van der Waals surface area contributed by atoms with Gasteiger partial charge in [-0.25, -0.2) is 0 Å². The standard InChI is InChI=1S/C62H103NO5/c1-4-7-10-13-16-19-22-25-28-30-31-32-34-37-40-43-46-49-52-55-62(67)68-58(53-50-47-44-41-38-35-27-24-21-18-15-12-9-6-3)56-61(66)63-59(57-64)60(65)54-51-48-45-42-39-36-33-29-26-23-20-17-14-11-8-5-2/h7,9-10,12,16,18-19,21,25,27-28,31-32,35,37,40-41,44,46,49,58-60,64-65H,4-6,8,11,13-15,17,20,22-24,26,29-30,33-34,36,38-39,42-43,45,47-48,50-57H2,1-3H3,(H,63,66)/b10-7-,12-9+,19-16-,21-18+,28-25-,32-31-,35-27+,40-37-,44-41+,49-46-. The van der Waals surface area contributed by atoms with E-state index in [1.54, 1.807) is 0 Å². The van der Waals surface area contributed by atoms with Crippen LogP contribution < -0.4 is 5.32 Å². The third kappa shape index (κ3) is 48.7. The van der Waals surface area contributed by atoms with Gasteiger partial charge < -0.3 is 20.3 Å². The maximum absolute atomic E-state index is 13.2. The average Bonchev–Trinajstić information content (AvgIpc) is 3.33. The molecular formula is C62H103NO5. The Morgan fingerprint density at radius 3 is 1.18 bits per heavy atom. The zero-order valence-corrected chi connectivity index (χ0v) is 43.9. The van der Waals surface area contributed by atoms with E-state index in [-0.39, 0.29) is 31.3 Å². The van der Waals surface area contributed by atoms with E-state index < -0.39 is 18.2 Å². The number of unbranched alkanes of at least 4 members (excludes halogenated alkanes) is 16. The summed E-state index contributed by atoms with van der Waals surface area (Å²) >= 11 is 0. The van der Waals surface area contributed by atoms with Gasteiger partial charge in [0.2, 0.25) is 5.91 Å². The van der Waals surface area contributed by atoms with Crippen molar-refractivity contribution in [2.24, 2.45) is 0 Å². The molecule has 386 valence electrons. The molecule has 0 aromatic carbocycles. The number of amides is 1. The first-order valence-corrected chi connectivity index (χ1v) is 27.8. The number of rotatable bonds is 48. The zero-order valence-electron chi connectivity index (χ0n) is 43.9. The second-order valence-electron chi connectivity index (χ2n) is 18.2. The summed E-state index contributed by atoms with van der Waals surface area (Å²) in [6.45, 7) is 6.23. The SMILES string of the molecule is CC/C=C\C/C=C\C/C=C\C/C=C\C/C=C\C/C=C\CCC(=O)OC(CCC/C=C/C/C=C/C/C=C/C/C=C/CC)CC(=O)NC(CO)C(O)CCCCCCCCCCCCCCCCCC. The van der Waals surface area contributed by atoms with E-state index in [0.717, 1.165) is 96.3 Å². The highest BCUT2D eigenvalue weighted by molar-refractivity contribution is 5.77. The number of nitrogens with one attached hydrogen (secondary N) is 1. The van der Waals surface area contributed by atoms with Crippen LogP contribution in [0.4, 0.5) is 0 Å². The molecule has 0 rings (SSSR count). The predicted molar refractivity (Wildman–Crippen MR) is 296 cm³/mol. The Morgan fingerprint density at radius 2 is 0.794 bits per heavy atom. The molecule has 0 saturated heterocycles. The molecule has 0 aromatic rings. The molecule has 0 aliphatic heterocycles. The predicted octanol–water partition coefficient (Wildman–Crippen LogP) is 17.2. The Hall–Kier alpha value is -3.74. The van der Waals surface area contributed by atoms with Crippen LogP contribution in [0.25, 0.3) is 0 Å². The van der Waals surface area contributed by atoms with Crippen LogP contribution in [0.1, 0.15) is 233 Å². The van der Waals surface area contributed by atoms with Crippen LogP contribution >= 0.6 is 0 Å². The molecule has 68 heavy (non-hydrogen) atoms. The Labute approximate surface area is 419 Å².